The van der Waals surface area contributed by atoms with Crippen molar-refractivity contribution in [3.8, 4) is 0 Å². The molecule has 0 atom stereocenters. The molecule has 27 heavy (non-hydrogen) atoms. The second kappa shape index (κ2) is 8.64. The standard InChI is InChI=1S/C18H25N3O5S/c1-12-6-7-15(27(23,24)19-8-9-25-5)10-16(12)18(22)21(4)11-17-13(2)20-26-14(17)3/h6-7,10,19H,8-9,11H2,1-5H3. The van der Waals surface area contributed by atoms with E-state index in [-0.39, 0.29) is 24.0 Å². The Morgan fingerprint density at radius 2 is 2.00 bits per heavy atom. The van der Waals surface area contributed by atoms with Gasteiger partial charge < -0.3 is 14.2 Å². The number of hydrogen-bond donors (Lipinski definition) is 1. The van der Waals surface area contributed by atoms with Crippen molar-refractivity contribution in [1.82, 2.24) is 14.8 Å². The molecular weight excluding hydrogens is 370 g/mol. The van der Waals surface area contributed by atoms with Crippen molar-refractivity contribution in [1.29, 1.82) is 0 Å². The van der Waals surface area contributed by atoms with Gasteiger partial charge in [-0.05, 0) is 38.5 Å². The van der Waals surface area contributed by atoms with Gasteiger partial charge in [0.25, 0.3) is 5.91 Å². The largest absolute Gasteiger partial charge is 0.383 e. The number of amides is 1. The summed E-state index contributed by atoms with van der Waals surface area (Å²) < 4.78 is 37.2. The van der Waals surface area contributed by atoms with Gasteiger partial charge in [-0.25, -0.2) is 13.1 Å². The van der Waals surface area contributed by atoms with E-state index in [1.807, 2.05) is 6.92 Å². The summed E-state index contributed by atoms with van der Waals surface area (Å²) in [5.74, 6) is 0.379. The minimum atomic E-state index is -3.72. The van der Waals surface area contributed by atoms with E-state index in [1.54, 1.807) is 27.0 Å². The maximum atomic E-state index is 12.9. The van der Waals surface area contributed by atoms with Crippen LogP contribution in [0.15, 0.2) is 27.6 Å². The van der Waals surface area contributed by atoms with Crippen LogP contribution in [0.25, 0.3) is 0 Å². The molecule has 1 heterocycles. The smallest absolute Gasteiger partial charge is 0.254 e. The van der Waals surface area contributed by atoms with Crippen molar-refractivity contribution in [3.63, 3.8) is 0 Å². The molecule has 0 saturated heterocycles. The summed E-state index contributed by atoms with van der Waals surface area (Å²) >= 11 is 0. The number of aryl methyl sites for hydroxylation is 3. The van der Waals surface area contributed by atoms with E-state index in [1.165, 1.54) is 24.1 Å². The van der Waals surface area contributed by atoms with Crippen LogP contribution in [0.5, 0.6) is 0 Å². The fourth-order valence-corrected chi connectivity index (χ4v) is 3.64. The molecule has 1 amide bonds. The number of methoxy groups -OCH3 is 1. The molecule has 9 heteroatoms. The second-order valence-corrected chi connectivity index (χ2v) is 8.10. The van der Waals surface area contributed by atoms with Crippen LogP contribution in [0.4, 0.5) is 0 Å². The van der Waals surface area contributed by atoms with Crippen molar-refractivity contribution in [2.24, 2.45) is 0 Å². The highest BCUT2D eigenvalue weighted by Gasteiger charge is 2.21. The molecule has 2 aromatic rings. The third kappa shape index (κ3) is 4.94. The molecule has 0 spiro atoms. The first kappa shape index (κ1) is 21.1. The number of aromatic nitrogens is 1. The number of benzene rings is 1. The lowest BCUT2D eigenvalue weighted by atomic mass is 10.1. The quantitative estimate of drug-likeness (QED) is 0.684. The molecule has 2 rings (SSSR count). The first-order valence-electron chi connectivity index (χ1n) is 8.44. The molecule has 1 aromatic heterocycles. The Hall–Kier alpha value is -2.23. The maximum absolute atomic E-state index is 12.9. The summed E-state index contributed by atoms with van der Waals surface area (Å²) in [6, 6.07) is 4.51. The molecule has 0 bridgehead atoms. The Labute approximate surface area is 159 Å². The fraction of sp³-hybridized carbons (Fsp3) is 0.444. The van der Waals surface area contributed by atoms with Crippen molar-refractivity contribution < 1.29 is 22.5 Å². The molecule has 148 valence electrons. The van der Waals surface area contributed by atoms with Gasteiger partial charge in [-0.3, -0.25) is 4.79 Å². The Balaban J connectivity index is 2.25. The summed E-state index contributed by atoms with van der Waals surface area (Å²) in [4.78, 5) is 14.5. The summed E-state index contributed by atoms with van der Waals surface area (Å²) in [7, 11) is -0.570. The number of carbonyl (C=O) groups is 1. The topological polar surface area (TPSA) is 102 Å². The predicted octanol–water partition coefficient (Wildman–Crippen LogP) is 1.80. The Morgan fingerprint density at radius 1 is 1.30 bits per heavy atom. The predicted molar refractivity (Wildman–Crippen MR) is 100 cm³/mol. The van der Waals surface area contributed by atoms with Crippen molar-refractivity contribution in [2.75, 3.05) is 27.3 Å². The van der Waals surface area contributed by atoms with Crippen LogP contribution in [0.1, 0.15) is 32.9 Å². The summed E-state index contributed by atoms with van der Waals surface area (Å²) in [5.41, 5.74) is 2.59. The SMILES string of the molecule is COCCNS(=O)(=O)c1ccc(C)c(C(=O)N(C)Cc2c(C)noc2C)c1. The number of nitrogens with one attached hydrogen (secondary N) is 1. The Bertz CT molecular complexity index is 902. The minimum absolute atomic E-state index is 0.0401. The summed E-state index contributed by atoms with van der Waals surface area (Å²) in [6.07, 6.45) is 0. The molecule has 0 aliphatic rings. The van der Waals surface area contributed by atoms with Crippen molar-refractivity contribution >= 4 is 15.9 Å². The maximum Gasteiger partial charge on any atom is 0.254 e. The number of sulfonamides is 1. The van der Waals surface area contributed by atoms with Crippen LogP contribution < -0.4 is 4.72 Å². The third-order valence-corrected chi connectivity index (χ3v) is 5.73. The average Bonchev–Trinajstić information content (AvgIpc) is 2.93. The number of nitrogens with zero attached hydrogens (tertiary/aromatic N) is 2. The van der Waals surface area contributed by atoms with E-state index in [9.17, 15) is 13.2 Å². The van der Waals surface area contributed by atoms with Gasteiger partial charge in [-0.1, -0.05) is 11.2 Å². The summed E-state index contributed by atoms with van der Waals surface area (Å²) in [5, 5.41) is 3.89. The molecule has 0 saturated carbocycles. The molecular formula is C18H25N3O5S. The monoisotopic (exact) mass is 395 g/mol. The normalized spacial score (nSPS) is 11.6. The van der Waals surface area contributed by atoms with E-state index in [2.05, 4.69) is 9.88 Å². The van der Waals surface area contributed by atoms with E-state index >= 15 is 0 Å². The van der Waals surface area contributed by atoms with Gasteiger partial charge in [0.15, 0.2) is 0 Å². The van der Waals surface area contributed by atoms with Crippen LogP contribution in [0.3, 0.4) is 0 Å². The van der Waals surface area contributed by atoms with E-state index < -0.39 is 10.0 Å². The number of hydrogen-bond acceptors (Lipinski definition) is 6. The molecule has 0 aliphatic carbocycles. The molecule has 0 fully saturated rings. The lowest BCUT2D eigenvalue weighted by Crippen LogP contribution is -2.29. The lowest BCUT2D eigenvalue weighted by molar-refractivity contribution is 0.0783. The van der Waals surface area contributed by atoms with Gasteiger partial charge in [-0.2, -0.15) is 0 Å². The molecule has 0 unspecified atom stereocenters. The van der Waals surface area contributed by atoms with Gasteiger partial charge in [0.1, 0.15) is 5.76 Å². The van der Waals surface area contributed by atoms with E-state index in [4.69, 9.17) is 9.26 Å². The van der Waals surface area contributed by atoms with Gasteiger partial charge >= 0.3 is 0 Å². The molecule has 8 nitrogen and oxygen atoms in total. The van der Waals surface area contributed by atoms with Crippen LogP contribution in [0, 0.1) is 20.8 Å². The van der Waals surface area contributed by atoms with Crippen molar-refractivity contribution in [2.45, 2.75) is 32.2 Å². The molecule has 0 radical (unpaired) electrons. The highest BCUT2D eigenvalue weighted by atomic mass is 32.2. The van der Waals surface area contributed by atoms with Gasteiger partial charge in [0.2, 0.25) is 10.0 Å². The first-order chi connectivity index (χ1) is 12.7. The number of ether oxygens (including phenoxy) is 1. The van der Waals surface area contributed by atoms with Crippen molar-refractivity contribution in [3.05, 3.63) is 46.3 Å². The van der Waals surface area contributed by atoms with Crippen LogP contribution in [-0.2, 0) is 21.3 Å². The van der Waals surface area contributed by atoms with E-state index in [0.29, 0.717) is 23.4 Å². The average molecular weight is 395 g/mol. The lowest BCUT2D eigenvalue weighted by Gasteiger charge is -2.19. The van der Waals surface area contributed by atoms with Crippen LogP contribution in [-0.4, -0.2) is 51.7 Å². The molecule has 0 aliphatic heterocycles. The molecule has 1 N–H and O–H groups in total. The molecule has 1 aromatic carbocycles. The Morgan fingerprint density at radius 3 is 2.59 bits per heavy atom. The summed E-state index contributed by atoms with van der Waals surface area (Å²) in [6.45, 7) is 6.11. The van der Waals surface area contributed by atoms with Gasteiger partial charge in [0.05, 0.1) is 23.7 Å². The Kier molecular flexibility index (Phi) is 6.74. The zero-order valence-corrected chi connectivity index (χ0v) is 17.0. The zero-order chi connectivity index (χ0) is 20.2. The van der Waals surface area contributed by atoms with Gasteiger partial charge in [0, 0.05) is 31.8 Å². The first-order valence-corrected chi connectivity index (χ1v) is 9.92. The third-order valence-electron chi connectivity index (χ3n) is 4.27. The highest BCUT2D eigenvalue weighted by Crippen LogP contribution is 2.20. The fourth-order valence-electron chi connectivity index (χ4n) is 2.60. The number of rotatable bonds is 8. The zero-order valence-electron chi connectivity index (χ0n) is 16.2. The van der Waals surface area contributed by atoms with E-state index in [0.717, 1.165) is 11.3 Å². The van der Waals surface area contributed by atoms with Crippen LogP contribution >= 0.6 is 0 Å². The second-order valence-electron chi connectivity index (χ2n) is 6.33. The minimum Gasteiger partial charge on any atom is -0.383 e. The highest BCUT2D eigenvalue weighted by molar-refractivity contribution is 7.89. The van der Waals surface area contributed by atoms with Gasteiger partial charge in [-0.15, -0.1) is 0 Å². The van der Waals surface area contributed by atoms with Crippen LogP contribution in [0.2, 0.25) is 0 Å². The number of carbonyl (C=O) groups excluding carboxylic acids is 1.